The van der Waals surface area contributed by atoms with Gasteiger partial charge in [0.15, 0.2) is 0 Å². The summed E-state index contributed by atoms with van der Waals surface area (Å²) in [6, 6.07) is -3.84. The molecule has 0 fully saturated rings. The molecule has 0 aliphatic rings. The van der Waals surface area contributed by atoms with Gasteiger partial charge in [0.2, 0.25) is 0 Å². The van der Waals surface area contributed by atoms with Crippen LogP contribution in [0.1, 0.15) is 0 Å². The smallest absolute Gasteiger partial charge is 0.398 e. The molecule has 0 aliphatic carbocycles. The molecule has 0 spiro atoms. The summed E-state index contributed by atoms with van der Waals surface area (Å²) in [5.41, 5.74) is -6.86. The first-order chi connectivity index (χ1) is 9.78. The Morgan fingerprint density at radius 1 is 0.826 bits per heavy atom. The highest BCUT2D eigenvalue weighted by molar-refractivity contribution is 7.87. The van der Waals surface area contributed by atoms with E-state index in [4.69, 9.17) is 0 Å². The van der Waals surface area contributed by atoms with Crippen LogP contribution >= 0.6 is 0 Å². The van der Waals surface area contributed by atoms with Gasteiger partial charge >= 0.3 is 45.9 Å². The van der Waals surface area contributed by atoms with Crippen molar-refractivity contribution in [2.75, 3.05) is 0 Å². The Labute approximate surface area is 117 Å². The first kappa shape index (κ1) is 21.6. The number of ether oxygens (including phenoxy) is 2. The molecule has 23 heavy (non-hydrogen) atoms. The van der Waals surface area contributed by atoms with Crippen molar-refractivity contribution in [3.63, 3.8) is 0 Å². The maximum absolute atomic E-state index is 13.2. The molecule has 0 aromatic heterocycles. The van der Waals surface area contributed by atoms with Crippen molar-refractivity contribution in [3.8, 4) is 0 Å². The predicted molar refractivity (Wildman–Crippen MR) is 42.3 cm³/mol. The molecule has 0 aromatic carbocycles. The van der Waals surface area contributed by atoms with E-state index >= 15 is 0 Å². The molecule has 0 N–H and O–H groups in total. The Morgan fingerprint density at radius 3 is 1.48 bits per heavy atom. The van der Waals surface area contributed by atoms with Crippen LogP contribution in [0.25, 0.3) is 0 Å². The molecule has 0 heterocycles. The highest BCUT2D eigenvalue weighted by Crippen LogP contribution is 2.51. The second kappa shape index (κ2) is 5.91. The fourth-order valence-electron chi connectivity index (χ4n) is 0.713. The molecule has 17 heteroatoms. The molecule has 1 unspecified atom stereocenters. The van der Waals surface area contributed by atoms with E-state index in [2.05, 4.69) is 0 Å². The van der Waals surface area contributed by atoms with Crippen LogP contribution in [0.4, 0.5) is 52.2 Å². The zero-order valence-corrected chi connectivity index (χ0v) is 10.4. The molecule has 0 rings (SSSR count). The average molecular weight is 396 g/mol. The van der Waals surface area contributed by atoms with Crippen LogP contribution in [0.5, 0.6) is 0 Å². The molecule has 138 valence electrons. The second-order valence-electron chi connectivity index (χ2n) is 3.25. The van der Waals surface area contributed by atoms with Crippen LogP contribution < -0.4 is 0 Å². The Morgan fingerprint density at radius 2 is 1.22 bits per heavy atom. The second-order valence-corrected chi connectivity index (χ2v) is 4.60. The lowest BCUT2D eigenvalue weighted by atomic mass is 10.2. The Kier molecular flexibility index (Phi) is 5.56. The van der Waals surface area contributed by atoms with Gasteiger partial charge in [-0.2, -0.15) is 56.7 Å². The maximum Gasteiger partial charge on any atom is 0.495 e. The highest BCUT2D eigenvalue weighted by atomic mass is 32.3. The molecule has 4 nitrogen and oxygen atoms in total. The van der Waals surface area contributed by atoms with Gasteiger partial charge in [0.25, 0.3) is 0 Å². The molecule has 0 aromatic rings. The average Bonchev–Trinajstić information content (AvgIpc) is 2.23. The summed E-state index contributed by atoms with van der Waals surface area (Å²) in [4.78, 5) is 0. The van der Waals surface area contributed by atoms with Gasteiger partial charge in [-0.25, -0.2) is 0 Å². The van der Waals surface area contributed by atoms with E-state index in [0.717, 1.165) is 0 Å². The van der Waals surface area contributed by atoms with Gasteiger partial charge in [-0.05, 0) is 0 Å². The number of rotatable bonds is 6. The van der Waals surface area contributed by atoms with Crippen LogP contribution in [-0.4, -0.2) is 32.0 Å². The van der Waals surface area contributed by atoms with Crippen molar-refractivity contribution in [2.24, 2.45) is 0 Å². The molecular formula is C6F12O4S. The van der Waals surface area contributed by atoms with Crippen LogP contribution in [0.2, 0.25) is 0 Å². The summed E-state index contributed by atoms with van der Waals surface area (Å²) in [5.74, 6) is -7.24. The van der Waals surface area contributed by atoms with Crippen LogP contribution in [0, 0.1) is 0 Å². The SMILES string of the molecule is O=S(=O)(F)C(F)(F)OC(F)(C(F)(F)F)C(F)(F)OC(F)=C(F)F. The van der Waals surface area contributed by atoms with Crippen molar-refractivity contribution in [1.82, 2.24) is 0 Å². The molecule has 0 saturated carbocycles. The molecule has 0 amide bonds. The minimum atomic E-state index is -7.54. The highest BCUT2D eigenvalue weighted by Gasteiger charge is 2.80. The van der Waals surface area contributed by atoms with Gasteiger partial charge in [0, 0.05) is 0 Å². The lowest BCUT2D eigenvalue weighted by Crippen LogP contribution is -2.61. The molecule has 0 aliphatic heterocycles. The Hall–Kier alpha value is -1.39. The van der Waals surface area contributed by atoms with Crippen LogP contribution in [-0.2, 0) is 19.7 Å². The van der Waals surface area contributed by atoms with E-state index < -0.39 is 45.9 Å². The lowest BCUT2D eigenvalue weighted by molar-refractivity contribution is -0.484. The van der Waals surface area contributed by atoms with E-state index in [0.29, 0.717) is 0 Å². The fraction of sp³-hybridized carbons (Fsp3) is 0.667. The van der Waals surface area contributed by atoms with E-state index in [-0.39, 0.29) is 0 Å². The zero-order chi connectivity index (χ0) is 19.1. The Balaban J connectivity index is 6.11. The van der Waals surface area contributed by atoms with Gasteiger partial charge in [-0.3, -0.25) is 4.74 Å². The molecule has 1 atom stereocenters. The predicted octanol–water partition coefficient (Wildman–Crippen LogP) is 3.73. The zero-order valence-electron chi connectivity index (χ0n) is 9.58. The van der Waals surface area contributed by atoms with Crippen molar-refractivity contribution in [3.05, 3.63) is 12.1 Å². The maximum atomic E-state index is 13.2. The standard InChI is InChI=1S/C6F12O4S/c7-1(8)2(9)21-5(14,15)3(10,4(11,12)13)22-6(16,17)23(18,19)20. The quantitative estimate of drug-likeness (QED) is 0.390. The molecule has 0 saturated heterocycles. The monoisotopic (exact) mass is 396 g/mol. The van der Waals surface area contributed by atoms with Crippen molar-refractivity contribution in [1.29, 1.82) is 0 Å². The summed E-state index contributed by atoms with van der Waals surface area (Å²) in [6.07, 6.45) is -18.2. The van der Waals surface area contributed by atoms with Gasteiger partial charge < -0.3 is 4.74 Å². The van der Waals surface area contributed by atoms with E-state index in [1.165, 1.54) is 0 Å². The number of hydrogen-bond donors (Lipinski definition) is 0. The van der Waals surface area contributed by atoms with Gasteiger partial charge in [-0.15, -0.1) is 0 Å². The fourth-order valence-corrected chi connectivity index (χ4v) is 0.927. The van der Waals surface area contributed by atoms with E-state index in [9.17, 15) is 60.6 Å². The van der Waals surface area contributed by atoms with Gasteiger partial charge in [0.05, 0.1) is 0 Å². The minimum absolute atomic E-state index is 1.60. The topological polar surface area (TPSA) is 52.6 Å². The van der Waals surface area contributed by atoms with E-state index in [1.54, 1.807) is 4.74 Å². The Bertz CT molecular complexity index is 575. The number of alkyl halides is 8. The number of halogens is 12. The molecule has 0 bridgehead atoms. The third-order valence-electron chi connectivity index (χ3n) is 1.65. The minimum Gasteiger partial charge on any atom is -0.398 e. The third kappa shape index (κ3) is 4.33. The van der Waals surface area contributed by atoms with Crippen molar-refractivity contribution in [2.45, 2.75) is 23.6 Å². The molecule has 0 radical (unpaired) electrons. The molecular weight excluding hydrogens is 396 g/mol. The van der Waals surface area contributed by atoms with Crippen molar-refractivity contribution >= 4 is 10.2 Å². The third-order valence-corrected chi connectivity index (χ3v) is 2.30. The normalized spacial score (nSPS) is 16.7. The summed E-state index contributed by atoms with van der Waals surface area (Å²) >= 11 is 0. The lowest BCUT2D eigenvalue weighted by Gasteiger charge is -2.34. The summed E-state index contributed by atoms with van der Waals surface area (Å²) < 4.78 is 170. The van der Waals surface area contributed by atoms with Crippen LogP contribution in [0.3, 0.4) is 0 Å². The van der Waals surface area contributed by atoms with Crippen LogP contribution in [0.15, 0.2) is 12.1 Å². The first-order valence-corrected chi connectivity index (χ1v) is 5.72. The summed E-state index contributed by atoms with van der Waals surface area (Å²) in [6.45, 7) is 0. The summed E-state index contributed by atoms with van der Waals surface area (Å²) in [7, 11) is -7.54. The van der Waals surface area contributed by atoms with Gasteiger partial charge in [0.1, 0.15) is 0 Å². The first-order valence-electron chi connectivity index (χ1n) is 4.34. The largest absolute Gasteiger partial charge is 0.495 e. The van der Waals surface area contributed by atoms with Gasteiger partial charge in [-0.1, -0.05) is 3.89 Å². The number of hydrogen-bond acceptors (Lipinski definition) is 4. The van der Waals surface area contributed by atoms with E-state index in [1.807, 2.05) is 4.74 Å². The summed E-state index contributed by atoms with van der Waals surface area (Å²) in [5, 5.41) is 0. The van der Waals surface area contributed by atoms with Crippen molar-refractivity contribution < 1.29 is 70.1 Å².